The monoisotopic (exact) mass is 254 g/mol. The summed E-state index contributed by atoms with van der Waals surface area (Å²) >= 11 is 0. The number of hydrogen-bond donors (Lipinski definition) is 1. The van der Waals surface area contributed by atoms with Gasteiger partial charge in [0, 0.05) is 6.42 Å². The van der Waals surface area contributed by atoms with E-state index in [1.54, 1.807) is 6.07 Å². The third-order valence-electron chi connectivity index (χ3n) is 3.03. The van der Waals surface area contributed by atoms with Crippen molar-refractivity contribution in [3.8, 4) is 11.1 Å². The Morgan fingerprint density at radius 2 is 1.74 bits per heavy atom. The Labute approximate surface area is 111 Å². The molecule has 0 aliphatic heterocycles. The summed E-state index contributed by atoms with van der Waals surface area (Å²) in [6.07, 6.45) is 0.640. The third kappa shape index (κ3) is 3.07. The predicted molar refractivity (Wildman–Crippen MR) is 72.9 cm³/mol. The van der Waals surface area contributed by atoms with E-state index in [2.05, 4.69) is 0 Å². The maximum absolute atomic E-state index is 11.2. The molecule has 0 aliphatic rings. The molecule has 0 radical (unpaired) electrons. The van der Waals surface area contributed by atoms with Gasteiger partial charge in [-0.1, -0.05) is 54.6 Å². The average Bonchev–Trinajstić information content (AvgIpc) is 2.45. The lowest BCUT2D eigenvalue weighted by Crippen LogP contribution is -2.12. The molecule has 1 atom stereocenters. The fourth-order valence-electron chi connectivity index (χ4n) is 2.04. The maximum atomic E-state index is 11.2. The zero-order valence-corrected chi connectivity index (χ0v) is 10.3. The number of aliphatic carboxylic acids is 1. The van der Waals surface area contributed by atoms with Crippen molar-refractivity contribution in [1.82, 2.24) is 0 Å². The van der Waals surface area contributed by atoms with Crippen LogP contribution in [0.25, 0.3) is 11.1 Å². The van der Waals surface area contributed by atoms with Crippen molar-refractivity contribution in [2.45, 2.75) is 12.3 Å². The van der Waals surface area contributed by atoms with E-state index in [-0.39, 0.29) is 6.42 Å². The first kappa shape index (κ1) is 13.0. The predicted octanol–water partition coefficient (Wildman–Crippen LogP) is 3.11. The lowest BCUT2D eigenvalue weighted by atomic mass is 9.93. The van der Waals surface area contributed by atoms with Crippen molar-refractivity contribution in [3.63, 3.8) is 0 Å². The van der Waals surface area contributed by atoms with E-state index in [1.165, 1.54) is 0 Å². The Balaban J connectivity index is 2.38. The number of benzene rings is 2. The molecular formula is C16H14O3. The summed E-state index contributed by atoms with van der Waals surface area (Å²) in [6, 6.07) is 17.1. The van der Waals surface area contributed by atoms with Gasteiger partial charge in [0.05, 0.1) is 5.92 Å². The number of carboxylic acid groups (broad SMARTS) is 1. The molecule has 0 fully saturated rings. The highest BCUT2D eigenvalue weighted by atomic mass is 16.4. The highest BCUT2D eigenvalue weighted by Gasteiger charge is 2.19. The van der Waals surface area contributed by atoms with Crippen LogP contribution in [0.4, 0.5) is 0 Å². The van der Waals surface area contributed by atoms with Crippen LogP contribution in [0.3, 0.4) is 0 Å². The normalized spacial score (nSPS) is 11.8. The smallest absolute Gasteiger partial charge is 0.311 e. The van der Waals surface area contributed by atoms with Gasteiger partial charge in [-0.3, -0.25) is 4.79 Å². The largest absolute Gasteiger partial charge is 0.481 e. The zero-order valence-electron chi connectivity index (χ0n) is 10.3. The Hall–Kier alpha value is -2.42. The van der Waals surface area contributed by atoms with Gasteiger partial charge in [-0.25, -0.2) is 0 Å². The van der Waals surface area contributed by atoms with Gasteiger partial charge in [0.25, 0.3) is 0 Å². The van der Waals surface area contributed by atoms with Gasteiger partial charge in [-0.05, 0) is 16.7 Å². The van der Waals surface area contributed by atoms with E-state index < -0.39 is 11.9 Å². The molecule has 0 saturated heterocycles. The number of rotatable bonds is 5. The summed E-state index contributed by atoms with van der Waals surface area (Å²) in [4.78, 5) is 21.8. The van der Waals surface area contributed by atoms with E-state index in [4.69, 9.17) is 5.11 Å². The van der Waals surface area contributed by atoms with Crippen molar-refractivity contribution in [3.05, 3.63) is 60.2 Å². The summed E-state index contributed by atoms with van der Waals surface area (Å²) < 4.78 is 0. The van der Waals surface area contributed by atoms with Crippen molar-refractivity contribution in [2.75, 3.05) is 0 Å². The van der Waals surface area contributed by atoms with Crippen LogP contribution in [0.2, 0.25) is 0 Å². The van der Waals surface area contributed by atoms with E-state index in [0.717, 1.165) is 11.1 Å². The molecule has 2 aromatic rings. The Morgan fingerprint density at radius 3 is 2.37 bits per heavy atom. The Kier molecular flexibility index (Phi) is 4.08. The minimum atomic E-state index is -0.975. The molecule has 19 heavy (non-hydrogen) atoms. The van der Waals surface area contributed by atoms with Gasteiger partial charge in [0.1, 0.15) is 6.29 Å². The second-order valence-corrected chi connectivity index (χ2v) is 4.28. The fraction of sp³-hybridized carbons (Fsp3) is 0.125. The first-order valence-electron chi connectivity index (χ1n) is 6.04. The van der Waals surface area contributed by atoms with Crippen molar-refractivity contribution in [1.29, 1.82) is 0 Å². The van der Waals surface area contributed by atoms with E-state index in [0.29, 0.717) is 11.8 Å². The molecule has 0 saturated carbocycles. The molecule has 0 aromatic heterocycles. The minimum Gasteiger partial charge on any atom is -0.481 e. The number of carbonyl (C=O) groups excluding carboxylic acids is 1. The van der Waals surface area contributed by atoms with Crippen LogP contribution in [0.15, 0.2) is 54.6 Å². The molecule has 3 nitrogen and oxygen atoms in total. The SMILES string of the molecule is O=CCC(C(=O)O)c1cccc(-c2ccccc2)c1. The van der Waals surface area contributed by atoms with E-state index >= 15 is 0 Å². The van der Waals surface area contributed by atoms with Crippen LogP contribution in [0.1, 0.15) is 17.9 Å². The standard InChI is InChI=1S/C16H14O3/c17-10-9-15(16(18)19)14-8-4-7-13(11-14)12-5-2-1-3-6-12/h1-8,10-11,15H,9H2,(H,18,19). The van der Waals surface area contributed by atoms with Gasteiger partial charge in [0.2, 0.25) is 0 Å². The number of carbonyl (C=O) groups is 2. The third-order valence-corrected chi connectivity index (χ3v) is 3.03. The summed E-state index contributed by atoms with van der Waals surface area (Å²) in [5, 5.41) is 9.16. The molecule has 96 valence electrons. The highest BCUT2D eigenvalue weighted by Crippen LogP contribution is 2.25. The lowest BCUT2D eigenvalue weighted by Gasteiger charge is -2.11. The van der Waals surface area contributed by atoms with Crippen LogP contribution >= 0.6 is 0 Å². The lowest BCUT2D eigenvalue weighted by molar-refractivity contribution is -0.139. The number of hydrogen-bond acceptors (Lipinski definition) is 2. The summed E-state index contributed by atoms with van der Waals surface area (Å²) in [5.41, 5.74) is 2.63. The second kappa shape index (κ2) is 5.96. The molecular weight excluding hydrogens is 240 g/mol. The summed E-state index contributed by atoms with van der Waals surface area (Å²) in [7, 11) is 0. The first-order chi connectivity index (χ1) is 9.22. The molecule has 1 unspecified atom stereocenters. The molecule has 0 spiro atoms. The van der Waals surface area contributed by atoms with Gasteiger partial charge in [-0.2, -0.15) is 0 Å². The Bertz CT molecular complexity index is 576. The number of carboxylic acids is 1. The number of aldehydes is 1. The molecule has 2 rings (SSSR count). The van der Waals surface area contributed by atoms with Gasteiger partial charge < -0.3 is 9.90 Å². The quantitative estimate of drug-likeness (QED) is 0.834. The van der Waals surface area contributed by atoms with Crippen LogP contribution in [0, 0.1) is 0 Å². The molecule has 0 aliphatic carbocycles. The first-order valence-corrected chi connectivity index (χ1v) is 6.04. The zero-order chi connectivity index (χ0) is 13.7. The van der Waals surface area contributed by atoms with Crippen molar-refractivity contribution in [2.24, 2.45) is 0 Å². The van der Waals surface area contributed by atoms with Gasteiger partial charge >= 0.3 is 5.97 Å². The molecule has 2 aromatic carbocycles. The van der Waals surface area contributed by atoms with Crippen molar-refractivity contribution < 1.29 is 14.7 Å². The average molecular weight is 254 g/mol. The van der Waals surface area contributed by atoms with E-state index in [9.17, 15) is 9.59 Å². The van der Waals surface area contributed by atoms with Gasteiger partial charge in [-0.15, -0.1) is 0 Å². The molecule has 3 heteroatoms. The summed E-state index contributed by atoms with van der Waals surface area (Å²) in [5.74, 6) is -1.75. The van der Waals surface area contributed by atoms with Crippen LogP contribution in [-0.2, 0) is 9.59 Å². The second-order valence-electron chi connectivity index (χ2n) is 4.28. The highest BCUT2D eigenvalue weighted by molar-refractivity contribution is 5.80. The molecule has 1 N–H and O–H groups in total. The molecule has 0 heterocycles. The van der Waals surface area contributed by atoms with Crippen LogP contribution in [0.5, 0.6) is 0 Å². The van der Waals surface area contributed by atoms with Crippen LogP contribution in [-0.4, -0.2) is 17.4 Å². The molecule has 0 bridgehead atoms. The van der Waals surface area contributed by atoms with E-state index in [1.807, 2.05) is 48.5 Å². The van der Waals surface area contributed by atoms with Gasteiger partial charge in [0.15, 0.2) is 0 Å². The Morgan fingerprint density at radius 1 is 1.05 bits per heavy atom. The topological polar surface area (TPSA) is 54.4 Å². The fourth-order valence-corrected chi connectivity index (χ4v) is 2.04. The summed E-state index contributed by atoms with van der Waals surface area (Å²) in [6.45, 7) is 0. The molecule has 0 amide bonds. The maximum Gasteiger partial charge on any atom is 0.311 e. The van der Waals surface area contributed by atoms with Crippen molar-refractivity contribution >= 4 is 12.3 Å². The van der Waals surface area contributed by atoms with Crippen LogP contribution < -0.4 is 0 Å². The minimum absolute atomic E-state index is 0.00637.